The summed E-state index contributed by atoms with van der Waals surface area (Å²) in [6, 6.07) is 6.85. The summed E-state index contributed by atoms with van der Waals surface area (Å²) in [5.41, 5.74) is -2.42. The van der Waals surface area contributed by atoms with Crippen LogP contribution in [0.1, 0.15) is 6.92 Å². The molecule has 1 aromatic rings. The Morgan fingerprint density at radius 1 is 1.25 bits per heavy atom. The third kappa shape index (κ3) is 2.58. The Bertz CT molecular complexity index is 408. The molecule has 0 saturated carbocycles. The molecule has 0 fully saturated rings. The number of halogens is 4. The van der Waals surface area contributed by atoms with Crippen LogP contribution in [0, 0.1) is 11.3 Å². The van der Waals surface area contributed by atoms with Crippen molar-refractivity contribution in [3.63, 3.8) is 0 Å². The molecule has 0 radical (unpaired) electrons. The summed E-state index contributed by atoms with van der Waals surface area (Å²) in [6.45, 7) is 0.779. The molecular formula is C10H8ClF3N2. The highest BCUT2D eigenvalue weighted by Crippen LogP contribution is 2.32. The van der Waals surface area contributed by atoms with Gasteiger partial charge in [0, 0.05) is 10.7 Å². The van der Waals surface area contributed by atoms with E-state index in [0.717, 1.165) is 6.92 Å². The fourth-order valence-corrected chi connectivity index (χ4v) is 1.11. The standard InChI is InChI=1S/C10H8ClF3N2/c1-9(6-15,10(12,13)14)16-8-4-2-7(11)3-5-8/h2-5,16H,1H3. The van der Waals surface area contributed by atoms with E-state index < -0.39 is 11.7 Å². The molecule has 0 aliphatic carbocycles. The van der Waals surface area contributed by atoms with Crippen LogP contribution in [0.4, 0.5) is 18.9 Å². The Morgan fingerprint density at radius 3 is 2.12 bits per heavy atom. The van der Waals surface area contributed by atoms with Gasteiger partial charge in [-0.05, 0) is 31.2 Å². The van der Waals surface area contributed by atoms with E-state index in [9.17, 15) is 13.2 Å². The van der Waals surface area contributed by atoms with Gasteiger partial charge < -0.3 is 5.32 Å². The van der Waals surface area contributed by atoms with Crippen LogP contribution in [0.2, 0.25) is 5.02 Å². The van der Waals surface area contributed by atoms with Gasteiger partial charge in [-0.3, -0.25) is 0 Å². The Hall–Kier alpha value is -1.41. The van der Waals surface area contributed by atoms with Crippen LogP contribution in [-0.4, -0.2) is 11.7 Å². The lowest BCUT2D eigenvalue weighted by Gasteiger charge is -2.26. The zero-order valence-electron chi connectivity index (χ0n) is 8.27. The van der Waals surface area contributed by atoms with Gasteiger partial charge in [-0.15, -0.1) is 0 Å². The zero-order valence-corrected chi connectivity index (χ0v) is 9.02. The van der Waals surface area contributed by atoms with Crippen LogP contribution in [0.3, 0.4) is 0 Å². The highest BCUT2D eigenvalue weighted by atomic mass is 35.5. The molecule has 6 heteroatoms. The molecule has 0 aromatic heterocycles. The first kappa shape index (κ1) is 12.7. The minimum Gasteiger partial charge on any atom is -0.360 e. The minimum atomic E-state index is -4.65. The fourth-order valence-electron chi connectivity index (χ4n) is 0.984. The van der Waals surface area contributed by atoms with Gasteiger partial charge in [-0.25, -0.2) is 0 Å². The number of hydrogen-bond donors (Lipinski definition) is 1. The molecule has 16 heavy (non-hydrogen) atoms. The largest absolute Gasteiger partial charge is 0.424 e. The lowest BCUT2D eigenvalue weighted by Crippen LogP contribution is -2.47. The third-order valence-corrected chi connectivity index (χ3v) is 2.28. The molecule has 0 aliphatic rings. The maximum Gasteiger partial charge on any atom is 0.424 e. The van der Waals surface area contributed by atoms with E-state index in [1.54, 1.807) is 0 Å². The number of hydrogen-bond acceptors (Lipinski definition) is 2. The van der Waals surface area contributed by atoms with Crippen molar-refractivity contribution in [3.05, 3.63) is 29.3 Å². The smallest absolute Gasteiger partial charge is 0.360 e. The number of anilines is 1. The van der Waals surface area contributed by atoms with E-state index in [2.05, 4.69) is 5.32 Å². The highest BCUT2D eigenvalue weighted by Gasteiger charge is 2.52. The SMILES string of the molecule is CC(C#N)(Nc1ccc(Cl)cc1)C(F)(F)F. The van der Waals surface area contributed by atoms with Crippen molar-refractivity contribution in [3.8, 4) is 6.07 Å². The lowest BCUT2D eigenvalue weighted by atomic mass is 10.0. The first-order valence-electron chi connectivity index (χ1n) is 4.30. The van der Waals surface area contributed by atoms with E-state index in [-0.39, 0.29) is 5.69 Å². The number of nitriles is 1. The first-order chi connectivity index (χ1) is 7.28. The zero-order chi connectivity index (χ0) is 12.4. The predicted molar refractivity (Wildman–Crippen MR) is 55.1 cm³/mol. The van der Waals surface area contributed by atoms with Crippen molar-refractivity contribution in [1.82, 2.24) is 0 Å². The summed E-state index contributed by atoms with van der Waals surface area (Å²) in [6.07, 6.45) is -4.65. The maximum atomic E-state index is 12.6. The summed E-state index contributed by atoms with van der Waals surface area (Å²) >= 11 is 5.59. The molecule has 1 unspecified atom stereocenters. The van der Waals surface area contributed by atoms with Crippen LogP contribution in [0.25, 0.3) is 0 Å². The number of alkyl halides is 3. The van der Waals surface area contributed by atoms with Crippen molar-refractivity contribution in [2.45, 2.75) is 18.6 Å². The second kappa shape index (κ2) is 4.22. The van der Waals surface area contributed by atoms with Gasteiger partial charge >= 0.3 is 6.18 Å². The van der Waals surface area contributed by atoms with Crippen molar-refractivity contribution in [2.24, 2.45) is 0 Å². The molecule has 1 atom stereocenters. The summed E-state index contributed by atoms with van der Waals surface area (Å²) in [5.74, 6) is 0. The lowest BCUT2D eigenvalue weighted by molar-refractivity contribution is -0.158. The molecule has 1 rings (SSSR count). The average molecular weight is 249 g/mol. The van der Waals surface area contributed by atoms with Crippen molar-refractivity contribution < 1.29 is 13.2 Å². The maximum absolute atomic E-state index is 12.6. The van der Waals surface area contributed by atoms with E-state index in [0.29, 0.717) is 5.02 Å². The molecule has 86 valence electrons. The monoisotopic (exact) mass is 248 g/mol. The normalized spacial score (nSPS) is 15.0. The molecule has 0 spiro atoms. The second-order valence-corrected chi connectivity index (χ2v) is 3.80. The second-order valence-electron chi connectivity index (χ2n) is 3.37. The van der Waals surface area contributed by atoms with Crippen LogP contribution in [0.5, 0.6) is 0 Å². The molecule has 1 aromatic carbocycles. The molecule has 0 aliphatic heterocycles. The van der Waals surface area contributed by atoms with Crippen molar-refractivity contribution in [1.29, 1.82) is 5.26 Å². The summed E-state index contributed by atoms with van der Waals surface area (Å²) in [4.78, 5) is 0. The van der Waals surface area contributed by atoms with Gasteiger partial charge in [-0.2, -0.15) is 18.4 Å². The average Bonchev–Trinajstić information content (AvgIpc) is 2.19. The number of rotatable bonds is 2. The van der Waals surface area contributed by atoms with Crippen LogP contribution in [0.15, 0.2) is 24.3 Å². The number of nitrogens with one attached hydrogen (secondary N) is 1. The molecule has 0 saturated heterocycles. The van der Waals surface area contributed by atoms with Gasteiger partial charge in [0.15, 0.2) is 0 Å². The Balaban J connectivity index is 2.95. The Morgan fingerprint density at radius 2 is 1.75 bits per heavy atom. The van der Waals surface area contributed by atoms with Gasteiger partial charge in [0.1, 0.15) is 6.07 Å². The van der Waals surface area contributed by atoms with Crippen LogP contribution in [-0.2, 0) is 0 Å². The number of nitrogens with zero attached hydrogens (tertiary/aromatic N) is 1. The molecular weight excluding hydrogens is 241 g/mol. The van der Waals surface area contributed by atoms with E-state index in [1.807, 2.05) is 0 Å². The number of benzene rings is 1. The van der Waals surface area contributed by atoms with Gasteiger partial charge in [0.25, 0.3) is 0 Å². The molecule has 0 bridgehead atoms. The summed E-state index contributed by atoms with van der Waals surface area (Å²) in [7, 11) is 0. The molecule has 2 nitrogen and oxygen atoms in total. The highest BCUT2D eigenvalue weighted by molar-refractivity contribution is 6.30. The minimum absolute atomic E-state index is 0.186. The molecule has 1 N–H and O–H groups in total. The van der Waals surface area contributed by atoms with Gasteiger partial charge in [0.2, 0.25) is 5.54 Å². The van der Waals surface area contributed by atoms with Crippen molar-refractivity contribution >= 4 is 17.3 Å². The summed E-state index contributed by atoms with van der Waals surface area (Å²) < 4.78 is 37.7. The fraction of sp³-hybridized carbons (Fsp3) is 0.300. The summed E-state index contributed by atoms with van der Waals surface area (Å²) in [5, 5.41) is 11.1. The molecule has 0 amide bonds. The van der Waals surface area contributed by atoms with Crippen molar-refractivity contribution in [2.75, 3.05) is 5.32 Å². The Labute approximate surface area is 95.6 Å². The molecule has 0 heterocycles. The van der Waals surface area contributed by atoms with Crippen LogP contribution < -0.4 is 5.32 Å². The van der Waals surface area contributed by atoms with Gasteiger partial charge in [-0.1, -0.05) is 11.6 Å². The quantitative estimate of drug-likeness (QED) is 0.868. The van der Waals surface area contributed by atoms with Gasteiger partial charge in [0.05, 0.1) is 0 Å². The van der Waals surface area contributed by atoms with E-state index in [1.165, 1.54) is 30.3 Å². The predicted octanol–water partition coefficient (Wildman–Crippen LogP) is 3.60. The van der Waals surface area contributed by atoms with E-state index >= 15 is 0 Å². The Kier molecular flexibility index (Phi) is 3.34. The first-order valence-corrected chi connectivity index (χ1v) is 4.68. The van der Waals surface area contributed by atoms with E-state index in [4.69, 9.17) is 16.9 Å². The third-order valence-electron chi connectivity index (χ3n) is 2.03. The topological polar surface area (TPSA) is 35.8 Å². The van der Waals surface area contributed by atoms with Crippen LogP contribution >= 0.6 is 11.6 Å².